The van der Waals surface area contributed by atoms with Crippen LogP contribution in [0.5, 0.6) is 5.75 Å². The fraction of sp³-hybridized carbons (Fsp3) is 0. The smallest absolute Gasteiger partial charge is 0.128 e. The van der Waals surface area contributed by atoms with Gasteiger partial charge in [0.2, 0.25) is 0 Å². The predicted molar refractivity (Wildman–Crippen MR) is 66.7 cm³/mol. The first-order valence-electron chi connectivity index (χ1n) is 4.97. The molecule has 3 heteroatoms. The van der Waals surface area contributed by atoms with E-state index in [0.717, 1.165) is 21.5 Å². The molecule has 0 aliphatic heterocycles. The summed E-state index contributed by atoms with van der Waals surface area (Å²) in [7, 11) is 0. The Bertz CT molecular complexity index is 631. The molecule has 0 amide bonds. The number of hydrogen-bond donors (Lipinski definition) is 1. The normalized spacial score (nSPS) is 10.8. The first-order chi connectivity index (χ1) is 7.84. The van der Waals surface area contributed by atoms with Crippen molar-refractivity contribution in [3.05, 3.63) is 47.8 Å². The highest BCUT2D eigenvalue weighted by Gasteiger charge is 2.06. The second kappa shape index (κ2) is 3.61. The summed E-state index contributed by atoms with van der Waals surface area (Å²) in [4.78, 5) is 5.40. The second-order valence-electron chi connectivity index (χ2n) is 3.53. The van der Waals surface area contributed by atoms with Crippen molar-refractivity contribution in [3.63, 3.8) is 0 Å². The van der Waals surface area contributed by atoms with Crippen LogP contribution in [0.15, 0.2) is 47.8 Å². The van der Waals surface area contributed by atoms with Gasteiger partial charge in [0, 0.05) is 11.6 Å². The van der Waals surface area contributed by atoms with Crippen LogP contribution in [0.25, 0.3) is 21.5 Å². The van der Waals surface area contributed by atoms with Crippen LogP contribution in [0.2, 0.25) is 0 Å². The van der Waals surface area contributed by atoms with Gasteiger partial charge in [-0.15, -0.1) is 11.3 Å². The first-order valence-corrected chi connectivity index (χ1v) is 5.85. The monoisotopic (exact) mass is 227 g/mol. The van der Waals surface area contributed by atoms with Crippen molar-refractivity contribution in [2.24, 2.45) is 0 Å². The van der Waals surface area contributed by atoms with Crippen molar-refractivity contribution in [1.82, 2.24) is 4.98 Å². The minimum Gasteiger partial charge on any atom is -0.507 e. The lowest BCUT2D eigenvalue weighted by Crippen LogP contribution is -1.82. The summed E-state index contributed by atoms with van der Waals surface area (Å²) in [5.74, 6) is 0.296. The Kier molecular flexibility index (Phi) is 2.11. The van der Waals surface area contributed by atoms with Crippen LogP contribution in [0.3, 0.4) is 0 Å². The molecule has 3 aromatic rings. The van der Waals surface area contributed by atoms with E-state index in [2.05, 4.69) is 4.98 Å². The molecule has 0 fully saturated rings. The van der Waals surface area contributed by atoms with E-state index in [0.29, 0.717) is 5.75 Å². The SMILES string of the molecule is Oc1cc(-c2ccccc2)nc2sccc12. The zero-order valence-electron chi connectivity index (χ0n) is 8.42. The molecule has 3 rings (SSSR count). The highest BCUT2D eigenvalue weighted by molar-refractivity contribution is 7.16. The van der Waals surface area contributed by atoms with Crippen LogP contribution >= 0.6 is 11.3 Å². The van der Waals surface area contributed by atoms with Crippen LogP contribution in [-0.4, -0.2) is 10.1 Å². The number of aromatic hydroxyl groups is 1. The number of benzene rings is 1. The maximum atomic E-state index is 9.87. The third-order valence-electron chi connectivity index (χ3n) is 2.49. The molecule has 1 N–H and O–H groups in total. The van der Waals surface area contributed by atoms with Gasteiger partial charge in [0.15, 0.2) is 0 Å². The Balaban J connectivity index is 2.25. The van der Waals surface area contributed by atoms with Gasteiger partial charge in [0.1, 0.15) is 10.6 Å². The lowest BCUT2D eigenvalue weighted by molar-refractivity contribution is 0.481. The van der Waals surface area contributed by atoms with Crippen LogP contribution in [-0.2, 0) is 0 Å². The fourth-order valence-electron chi connectivity index (χ4n) is 1.69. The molecular weight excluding hydrogens is 218 g/mol. The van der Waals surface area contributed by atoms with Crippen molar-refractivity contribution in [2.45, 2.75) is 0 Å². The minimum absolute atomic E-state index is 0.296. The number of thiophene rings is 1. The van der Waals surface area contributed by atoms with Gasteiger partial charge in [0.25, 0.3) is 0 Å². The number of rotatable bonds is 1. The maximum Gasteiger partial charge on any atom is 0.128 e. The average molecular weight is 227 g/mol. The predicted octanol–water partition coefficient (Wildman–Crippen LogP) is 3.67. The van der Waals surface area contributed by atoms with Crippen molar-refractivity contribution >= 4 is 21.6 Å². The Labute approximate surface area is 96.8 Å². The van der Waals surface area contributed by atoms with Crippen molar-refractivity contribution in [1.29, 1.82) is 0 Å². The Morgan fingerprint density at radius 1 is 1.06 bits per heavy atom. The topological polar surface area (TPSA) is 33.1 Å². The maximum absolute atomic E-state index is 9.87. The van der Waals surface area contributed by atoms with E-state index in [9.17, 15) is 5.11 Å². The summed E-state index contributed by atoms with van der Waals surface area (Å²) in [6.07, 6.45) is 0. The molecular formula is C13H9NOS. The number of nitrogens with zero attached hydrogens (tertiary/aromatic N) is 1. The van der Waals surface area contributed by atoms with Gasteiger partial charge in [-0.05, 0) is 11.4 Å². The molecule has 0 radical (unpaired) electrons. The Hall–Kier alpha value is -1.87. The van der Waals surface area contributed by atoms with Crippen molar-refractivity contribution in [2.75, 3.05) is 0 Å². The summed E-state index contributed by atoms with van der Waals surface area (Å²) in [5, 5.41) is 12.6. The molecule has 2 nitrogen and oxygen atoms in total. The molecule has 0 atom stereocenters. The number of hydrogen-bond acceptors (Lipinski definition) is 3. The molecule has 78 valence electrons. The first kappa shape index (κ1) is 9.36. The molecule has 2 heterocycles. The Morgan fingerprint density at radius 3 is 2.69 bits per heavy atom. The van der Waals surface area contributed by atoms with Gasteiger partial charge in [-0.2, -0.15) is 0 Å². The van der Waals surface area contributed by atoms with E-state index in [1.165, 1.54) is 11.3 Å². The Morgan fingerprint density at radius 2 is 1.88 bits per heavy atom. The number of pyridine rings is 1. The summed E-state index contributed by atoms with van der Waals surface area (Å²) in [5.41, 5.74) is 1.83. The minimum atomic E-state index is 0.296. The summed E-state index contributed by atoms with van der Waals surface area (Å²) >= 11 is 1.54. The molecule has 1 aromatic carbocycles. The van der Waals surface area contributed by atoms with Crippen LogP contribution in [0.4, 0.5) is 0 Å². The number of aromatic nitrogens is 1. The standard InChI is InChI=1S/C13H9NOS/c15-12-8-11(9-4-2-1-3-5-9)14-13-10(12)6-7-16-13/h1-8H,(H,14,15). The molecule has 0 unspecified atom stereocenters. The van der Waals surface area contributed by atoms with E-state index in [1.807, 2.05) is 41.8 Å². The van der Waals surface area contributed by atoms with Crippen molar-refractivity contribution in [3.8, 4) is 17.0 Å². The number of fused-ring (bicyclic) bond motifs is 1. The fourth-order valence-corrected chi connectivity index (χ4v) is 2.47. The van der Waals surface area contributed by atoms with Gasteiger partial charge in [-0.1, -0.05) is 30.3 Å². The van der Waals surface area contributed by atoms with Gasteiger partial charge in [-0.3, -0.25) is 0 Å². The lowest BCUT2D eigenvalue weighted by atomic mass is 10.1. The van der Waals surface area contributed by atoms with Crippen LogP contribution in [0, 0.1) is 0 Å². The average Bonchev–Trinajstić information content (AvgIpc) is 2.79. The van der Waals surface area contributed by atoms with Gasteiger partial charge in [-0.25, -0.2) is 4.98 Å². The third kappa shape index (κ3) is 1.46. The zero-order chi connectivity index (χ0) is 11.0. The summed E-state index contributed by atoms with van der Waals surface area (Å²) in [6.45, 7) is 0. The summed E-state index contributed by atoms with van der Waals surface area (Å²) < 4.78 is 0. The van der Waals surface area contributed by atoms with Gasteiger partial charge < -0.3 is 5.11 Å². The largest absolute Gasteiger partial charge is 0.507 e. The molecule has 16 heavy (non-hydrogen) atoms. The zero-order valence-corrected chi connectivity index (χ0v) is 9.24. The van der Waals surface area contributed by atoms with Gasteiger partial charge in [0.05, 0.1) is 11.1 Å². The third-order valence-corrected chi connectivity index (χ3v) is 3.29. The van der Waals surface area contributed by atoms with E-state index < -0.39 is 0 Å². The molecule has 0 spiro atoms. The highest BCUT2D eigenvalue weighted by atomic mass is 32.1. The van der Waals surface area contributed by atoms with E-state index in [1.54, 1.807) is 6.07 Å². The molecule has 2 aromatic heterocycles. The lowest BCUT2D eigenvalue weighted by Gasteiger charge is -2.02. The van der Waals surface area contributed by atoms with E-state index in [4.69, 9.17) is 0 Å². The second-order valence-corrected chi connectivity index (χ2v) is 4.43. The highest BCUT2D eigenvalue weighted by Crippen LogP contribution is 2.31. The van der Waals surface area contributed by atoms with Crippen LogP contribution < -0.4 is 0 Å². The van der Waals surface area contributed by atoms with Crippen molar-refractivity contribution < 1.29 is 5.11 Å². The molecule has 0 saturated heterocycles. The van der Waals surface area contributed by atoms with E-state index >= 15 is 0 Å². The van der Waals surface area contributed by atoms with E-state index in [-0.39, 0.29) is 0 Å². The quantitative estimate of drug-likeness (QED) is 0.688. The molecule has 0 saturated carbocycles. The van der Waals surface area contributed by atoms with Gasteiger partial charge >= 0.3 is 0 Å². The molecule has 0 aliphatic carbocycles. The van der Waals surface area contributed by atoms with Crippen LogP contribution in [0.1, 0.15) is 0 Å². The molecule has 0 aliphatic rings. The molecule has 0 bridgehead atoms. The summed E-state index contributed by atoms with van der Waals surface area (Å²) in [6, 6.07) is 13.5.